The van der Waals surface area contributed by atoms with E-state index in [0.29, 0.717) is 0 Å². The largest absolute Gasteiger partial charge is 0.336 e. The zero-order chi connectivity index (χ0) is 19.3. The smallest absolute Gasteiger partial charge is 0.253 e. The van der Waals surface area contributed by atoms with E-state index < -0.39 is 0 Å². The zero-order valence-electron chi connectivity index (χ0n) is 16.3. The highest BCUT2D eigenvalue weighted by molar-refractivity contribution is 5.94. The third-order valence-corrected chi connectivity index (χ3v) is 5.50. The zero-order valence-corrected chi connectivity index (χ0v) is 16.3. The molecule has 1 fully saturated rings. The summed E-state index contributed by atoms with van der Waals surface area (Å²) in [6.07, 6.45) is 0. The Kier molecular flexibility index (Phi) is 5.54. The third-order valence-electron chi connectivity index (χ3n) is 5.50. The molecule has 0 saturated carbocycles. The first-order valence-electron chi connectivity index (χ1n) is 9.92. The highest BCUT2D eigenvalue weighted by Crippen LogP contribution is 2.30. The van der Waals surface area contributed by atoms with Crippen molar-refractivity contribution in [2.24, 2.45) is 0 Å². The van der Waals surface area contributed by atoms with Gasteiger partial charge >= 0.3 is 0 Å². The Morgan fingerprint density at radius 3 is 1.86 bits per heavy atom. The number of hydrogen-bond acceptors (Lipinski definition) is 2. The van der Waals surface area contributed by atoms with E-state index in [1.165, 1.54) is 16.7 Å². The lowest BCUT2D eigenvalue weighted by molar-refractivity contribution is 0.0597. The number of amides is 1. The van der Waals surface area contributed by atoms with Gasteiger partial charge in [0, 0.05) is 31.7 Å². The summed E-state index contributed by atoms with van der Waals surface area (Å²) in [7, 11) is 0. The molecule has 1 amide bonds. The number of benzene rings is 3. The van der Waals surface area contributed by atoms with Gasteiger partial charge in [-0.15, -0.1) is 0 Å². The Labute approximate surface area is 167 Å². The number of carbonyl (C=O) groups is 1. The monoisotopic (exact) mass is 370 g/mol. The first-order valence-corrected chi connectivity index (χ1v) is 9.92. The molecule has 3 aromatic carbocycles. The average molecular weight is 370 g/mol. The quantitative estimate of drug-likeness (QED) is 0.673. The van der Waals surface area contributed by atoms with Gasteiger partial charge in [0.2, 0.25) is 0 Å². The second-order valence-electron chi connectivity index (χ2n) is 7.42. The van der Waals surface area contributed by atoms with E-state index in [2.05, 4.69) is 66.4 Å². The van der Waals surface area contributed by atoms with E-state index in [-0.39, 0.29) is 11.9 Å². The first kappa shape index (κ1) is 18.5. The molecule has 0 N–H and O–H groups in total. The summed E-state index contributed by atoms with van der Waals surface area (Å²) in [4.78, 5) is 17.2. The maximum absolute atomic E-state index is 12.8. The Balaban J connectivity index is 1.53. The van der Waals surface area contributed by atoms with Crippen LogP contribution in [0.25, 0.3) is 0 Å². The van der Waals surface area contributed by atoms with Crippen LogP contribution in [0.15, 0.2) is 84.9 Å². The van der Waals surface area contributed by atoms with Crippen LogP contribution in [-0.4, -0.2) is 41.9 Å². The molecule has 0 radical (unpaired) electrons. The fourth-order valence-corrected chi connectivity index (χ4v) is 3.94. The molecular formula is C25H26N2O. The van der Waals surface area contributed by atoms with Crippen LogP contribution in [0.5, 0.6) is 0 Å². The normalized spacial score (nSPS) is 16.0. The van der Waals surface area contributed by atoms with Crippen LogP contribution in [0, 0.1) is 6.92 Å². The van der Waals surface area contributed by atoms with Crippen molar-refractivity contribution in [1.82, 2.24) is 9.80 Å². The van der Waals surface area contributed by atoms with Crippen LogP contribution in [-0.2, 0) is 0 Å². The molecular weight excluding hydrogens is 344 g/mol. The topological polar surface area (TPSA) is 23.6 Å². The molecule has 0 unspecified atom stereocenters. The molecule has 3 heteroatoms. The molecule has 0 bridgehead atoms. The SMILES string of the molecule is Cc1ccc([C@@H](c2ccccc2)N2CCN(C(=O)c3ccccc3)CC2)cc1. The molecule has 1 aliphatic rings. The van der Waals surface area contributed by atoms with E-state index in [4.69, 9.17) is 0 Å². The van der Waals surface area contributed by atoms with Gasteiger partial charge in [0.1, 0.15) is 0 Å². The third kappa shape index (κ3) is 4.00. The van der Waals surface area contributed by atoms with Gasteiger partial charge in [0.05, 0.1) is 6.04 Å². The maximum Gasteiger partial charge on any atom is 0.253 e. The number of nitrogens with zero attached hydrogens (tertiary/aromatic N) is 2. The van der Waals surface area contributed by atoms with Crippen LogP contribution in [0.1, 0.15) is 33.1 Å². The van der Waals surface area contributed by atoms with Crippen LogP contribution < -0.4 is 0 Å². The highest BCUT2D eigenvalue weighted by atomic mass is 16.2. The van der Waals surface area contributed by atoms with Crippen molar-refractivity contribution < 1.29 is 4.79 Å². The van der Waals surface area contributed by atoms with Crippen molar-refractivity contribution in [3.63, 3.8) is 0 Å². The minimum atomic E-state index is 0.131. The minimum absolute atomic E-state index is 0.131. The summed E-state index contributed by atoms with van der Waals surface area (Å²) in [5, 5.41) is 0. The standard InChI is InChI=1S/C25H26N2O/c1-20-12-14-22(15-13-20)24(21-8-4-2-5-9-21)26-16-18-27(19-17-26)25(28)23-10-6-3-7-11-23/h2-15,24H,16-19H2,1H3/t24-/m1/s1. The molecule has 0 spiro atoms. The Morgan fingerprint density at radius 2 is 1.25 bits per heavy atom. The van der Waals surface area contributed by atoms with Gasteiger partial charge in [-0.3, -0.25) is 9.69 Å². The molecule has 1 heterocycles. The van der Waals surface area contributed by atoms with Crippen molar-refractivity contribution in [2.75, 3.05) is 26.2 Å². The fourth-order valence-electron chi connectivity index (χ4n) is 3.94. The van der Waals surface area contributed by atoms with Crippen molar-refractivity contribution in [2.45, 2.75) is 13.0 Å². The van der Waals surface area contributed by atoms with Gasteiger partial charge in [0.15, 0.2) is 0 Å². The molecule has 142 valence electrons. The summed E-state index contributed by atoms with van der Waals surface area (Å²) < 4.78 is 0. The molecule has 0 aliphatic carbocycles. The molecule has 3 nitrogen and oxygen atoms in total. The number of aryl methyl sites for hydroxylation is 1. The Hall–Kier alpha value is -2.91. The minimum Gasteiger partial charge on any atom is -0.336 e. The number of carbonyl (C=O) groups excluding carboxylic acids is 1. The lowest BCUT2D eigenvalue weighted by Crippen LogP contribution is -2.49. The molecule has 1 saturated heterocycles. The van der Waals surface area contributed by atoms with E-state index >= 15 is 0 Å². The molecule has 0 aromatic heterocycles. The van der Waals surface area contributed by atoms with Crippen LogP contribution in [0.2, 0.25) is 0 Å². The summed E-state index contributed by atoms with van der Waals surface area (Å²) in [6, 6.07) is 29.3. The second-order valence-corrected chi connectivity index (χ2v) is 7.42. The highest BCUT2D eigenvalue weighted by Gasteiger charge is 2.28. The number of piperazine rings is 1. The molecule has 4 rings (SSSR count). The Bertz CT molecular complexity index is 898. The molecule has 28 heavy (non-hydrogen) atoms. The lowest BCUT2D eigenvalue weighted by Gasteiger charge is -2.40. The fraction of sp³-hybridized carbons (Fsp3) is 0.240. The summed E-state index contributed by atoms with van der Waals surface area (Å²) in [5.74, 6) is 0.131. The van der Waals surface area contributed by atoms with Gasteiger partial charge in [-0.1, -0.05) is 78.4 Å². The van der Waals surface area contributed by atoms with Gasteiger partial charge in [-0.2, -0.15) is 0 Å². The van der Waals surface area contributed by atoms with Gasteiger partial charge in [-0.05, 0) is 30.2 Å². The molecule has 1 aliphatic heterocycles. The molecule has 1 atom stereocenters. The maximum atomic E-state index is 12.8. The van der Waals surface area contributed by atoms with E-state index in [1.807, 2.05) is 35.2 Å². The van der Waals surface area contributed by atoms with Crippen LogP contribution in [0.4, 0.5) is 0 Å². The van der Waals surface area contributed by atoms with Crippen molar-refractivity contribution >= 4 is 5.91 Å². The number of rotatable bonds is 4. The van der Waals surface area contributed by atoms with Gasteiger partial charge in [-0.25, -0.2) is 0 Å². The van der Waals surface area contributed by atoms with Crippen LogP contribution in [0.3, 0.4) is 0 Å². The summed E-state index contributed by atoms with van der Waals surface area (Å²) in [5.41, 5.74) is 4.65. The van der Waals surface area contributed by atoms with E-state index in [0.717, 1.165) is 31.7 Å². The van der Waals surface area contributed by atoms with Gasteiger partial charge < -0.3 is 4.90 Å². The van der Waals surface area contributed by atoms with Crippen LogP contribution >= 0.6 is 0 Å². The lowest BCUT2D eigenvalue weighted by atomic mass is 9.95. The van der Waals surface area contributed by atoms with Crippen molar-refractivity contribution in [1.29, 1.82) is 0 Å². The summed E-state index contributed by atoms with van der Waals surface area (Å²) in [6.45, 7) is 5.36. The predicted octanol–water partition coefficient (Wildman–Crippen LogP) is 4.54. The van der Waals surface area contributed by atoms with E-state index in [9.17, 15) is 4.79 Å². The van der Waals surface area contributed by atoms with Crippen molar-refractivity contribution in [3.8, 4) is 0 Å². The number of hydrogen-bond donors (Lipinski definition) is 0. The van der Waals surface area contributed by atoms with Crippen molar-refractivity contribution in [3.05, 3.63) is 107 Å². The second kappa shape index (κ2) is 8.41. The van der Waals surface area contributed by atoms with E-state index in [1.54, 1.807) is 0 Å². The first-order chi connectivity index (χ1) is 13.7. The average Bonchev–Trinajstić information content (AvgIpc) is 2.77. The predicted molar refractivity (Wildman–Crippen MR) is 113 cm³/mol. The van der Waals surface area contributed by atoms with Gasteiger partial charge in [0.25, 0.3) is 5.91 Å². The Morgan fingerprint density at radius 1 is 0.714 bits per heavy atom. The molecule has 3 aromatic rings. The summed E-state index contributed by atoms with van der Waals surface area (Å²) >= 11 is 0.